The Bertz CT molecular complexity index is 1340. The topological polar surface area (TPSA) is 113 Å². The van der Waals surface area contributed by atoms with Gasteiger partial charge in [-0.25, -0.2) is 9.59 Å². The summed E-state index contributed by atoms with van der Waals surface area (Å²) in [5, 5.41) is 3.39. The molecule has 9 nitrogen and oxygen atoms in total. The van der Waals surface area contributed by atoms with Gasteiger partial charge in [0.1, 0.15) is 11.3 Å². The van der Waals surface area contributed by atoms with E-state index in [1.54, 1.807) is 6.07 Å². The zero-order valence-corrected chi connectivity index (χ0v) is 19.4. The minimum atomic E-state index is -0.646. The Morgan fingerprint density at radius 3 is 2.38 bits per heavy atom. The third kappa shape index (κ3) is 4.28. The van der Waals surface area contributed by atoms with E-state index in [0.29, 0.717) is 40.2 Å². The fourth-order valence-electron chi connectivity index (χ4n) is 4.21. The molecule has 9 heteroatoms. The van der Waals surface area contributed by atoms with Crippen molar-refractivity contribution >= 4 is 28.5 Å². The van der Waals surface area contributed by atoms with Gasteiger partial charge in [0.25, 0.3) is 5.91 Å². The maximum atomic E-state index is 12.8. The lowest BCUT2D eigenvalue weighted by Crippen LogP contribution is -2.22. The lowest BCUT2D eigenvalue weighted by Gasteiger charge is -2.16. The SMILES string of the molecule is COC(=O)c1cc(OC)c(OC)cc1NC(=O)COc1cc(C)cc2oc(=O)c3c(c12)CCC3. The summed E-state index contributed by atoms with van der Waals surface area (Å²) in [5.74, 6) is -0.0265. The number of esters is 1. The number of benzene rings is 2. The van der Waals surface area contributed by atoms with Crippen LogP contribution in [0.4, 0.5) is 5.69 Å². The molecule has 0 bridgehead atoms. The Hall–Kier alpha value is -4.01. The summed E-state index contributed by atoms with van der Waals surface area (Å²) < 4.78 is 26.7. The fourth-order valence-corrected chi connectivity index (χ4v) is 4.21. The fraction of sp³-hybridized carbons (Fsp3) is 0.320. The summed E-state index contributed by atoms with van der Waals surface area (Å²) in [6.45, 7) is 1.52. The molecule has 0 unspecified atom stereocenters. The average molecular weight is 467 g/mol. The first kappa shape index (κ1) is 23.2. The van der Waals surface area contributed by atoms with Gasteiger partial charge in [-0.15, -0.1) is 0 Å². The first-order valence-electron chi connectivity index (χ1n) is 10.7. The number of amides is 1. The van der Waals surface area contributed by atoms with E-state index in [-0.39, 0.29) is 23.5 Å². The lowest BCUT2D eigenvalue weighted by molar-refractivity contribution is -0.118. The molecule has 1 heterocycles. The van der Waals surface area contributed by atoms with Gasteiger partial charge in [0, 0.05) is 17.7 Å². The van der Waals surface area contributed by atoms with E-state index in [0.717, 1.165) is 24.0 Å². The Kier molecular flexibility index (Phi) is 6.45. The van der Waals surface area contributed by atoms with E-state index in [4.69, 9.17) is 23.4 Å². The first-order valence-corrected chi connectivity index (χ1v) is 10.7. The van der Waals surface area contributed by atoms with Crippen LogP contribution in [0.2, 0.25) is 0 Å². The molecule has 178 valence electrons. The number of carbonyl (C=O) groups excluding carboxylic acids is 2. The molecule has 0 saturated heterocycles. The first-order chi connectivity index (χ1) is 16.4. The molecular formula is C25H25NO8. The van der Waals surface area contributed by atoms with E-state index in [2.05, 4.69) is 5.32 Å². The number of anilines is 1. The predicted molar refractivity (Wildman–Crippen MR) is 124 cm³/mol. The standard InChI is InChI=1S/C25H25NO8/c1-13-8-20(23-14-6-5-7-15(14)25(29)34-21(23)9-13)33-12-22(27)26-17-11-19(31-3)18(30-2)10-16(17)24(28)32-4/h8-11H,5-7,12H2,1-4H3,(H,26,27). The van der Waals surface area contributed by atoms with Crippen molar-refractivity contribution in [2.45, 2.75) is 26.2 Å². The summed E-state index contributed by atoms with van der Waals surface area (Å²) in [4.78, 5) is 37.3. The third-order valence-corrected chi connectivity index (χ3v) is 5.74. The van der Waals surface area contributed by atoms with Crippen LogP contribution >= 0.6 is 0 Å². The van der Waals surface area contributed by atoms with Crippen molar-refractivity contribution < 1.29 is 33.0 Å². The smallest absolute Gasteiger partial charge is 0.340 e. The van der Waals surface area contributed by atoms with Crippen molar-refractivity contribution in [3.63, 3.8) is 0 Å². The van der Waals surface area contributed by atoms with Crippen LogP contribution in [0.1, 0.15) is 33.5 Å². The van der Waals surface area contributed by atoms with Crippen LogP contribution in [0.25, 0.3) is 11.0 Å². The second-order valence-corrected chi connectivity index (χ2v) is 7.92. The molecule has 1 amide bonds. The van der Waals surface area contributed by atoms with Crippen LogP contribution < -0.4 is 25.2 Å². The highest BCUT2D eigenvalue weighted by Crippen LogP contribution is 2.36. The van der Waals surface area contributed by atoms with Gasteiger partial charge in [-0.2, -0.15) is 0 Å². The van der Waals surface area contributed by atoms with Gasteiger partial charge >= 0.3 is 11.6 Å². The molecule has 0 aliphatic heterocycles. The molecule has 0 saturated carbocycles. The van der Waals surface area contributed by atoms with Crippen LogP contribution in [0, 0.1) is 6.92 Å². The summed E-state index contributed by atoms with van der Waals surface area (Å²) >= 11 is 0. The second kappa shape index (κ2) is 9.46. The molecule has 0 spiro atoms. The summed E-state index contributed by atoms with van der Waals surface area (Å²) in [5.41, 5.74) is 2.82. The van der Waals surface area contributed by atoms with E-state index in [1.807, 2.05) is 13.0 Å². The quantitative estimate of drug-likeness (QED) is 0.415. The highest BCUT2D eigenvalue weighted by Gasteiger charge is 2.23. The zero-order valence-electron chi connectivity index (χ0n) is 19.4. The van der Waals surface area contributed by atoms with Crippen LogP contribution in [-0.2, 0) is 22.4 Å². The number of fused-ring (bicyclic) bond motifs is 3. The van der Waals surface area contributed by atoms with Gasteiger partial charge in [0.05, 0.1) is 38.0 Å². The number of rotatable bonds is 7. The maximum absolute atomic E-state index is 12.8. The minimum absolute atomic E-state index is 0.106. The molecule has 0 radical (unpaired) electrons. The molecule has 1 N–H and O–H groups in total. The van der Waals surface area contributed by atoms with Gasteiger partial charge in [0.15, 0.2) is 18.1 Å². The maximum Gasteiger partial charge on any atom is 0.340 e. The van der Waals surface area contributed by atoms with E-state index >= 15 is 0 Å². The van der Waals surface area contributed by atoms with Crippen molar-refractivity contribution in [1.82, 2.24) is 0 Å². The lowest BCUT2D eigenvalue weighted by atomic mass is 10.0. The van der Waals surface area contributed by atoms with Crippen molar-refractivity contribution in [3.8, 4) is 17.2 Å². The van der Waals surface area contributed by atoms with Crippen LogP contribution in [-0.4, -0.2) is 39.8 Å². The highest BCUT2D eigenvalue weighted by molar-refractivity contribution is 6.02. The summed E-state index contributed by atoms with van der Waals surface area (Å²) in [7, 11) is 4.13. The third-order valence-electron chi connectivity index (χ3n) is 5.74. The number of hydrogen-bond donors (Lipinski definition) is 1. The van der Waals surface area contributed by atoms with Crippen molar-refractivity contribution in [3.05, 3.63) is 56.9 Å². The Morgan fingerprint density at radius 1 is 0.971 bits per heavy atom. The van der Waals surface area contributed by atoms with Gasteiger partial charge in [-0.1, -0.05) is 0 Å². The molecule has 1 aliphatic rings. The molecular weight excluding hydrogens is 442 g/mol. The normalized spacial score (nSPS) is 12.2. The van der Waals surface area contributed by atoms with Crippen molar-refractivity contribution in [2.24, 2.45) is 0 Å². The molecule has 4 rings (SSSR count). The largest absolute Gasteiger partial charge is 0.493 e. The summed E-state index contributed by atoms with van der Waals surface area (Å²) in [6, 6.07) is 6.51. The number of ether oxygens (including phenoxy) is 4. The van der Waals surface area contributed by atoms with Gasteiger partial charge in [0.2, 0.25) is 0 Å². The minimum Gasteiger partial charge on any atom is -0.493 e. The van der Waals surface area contributed by atoms with Gasteiger partial charge in [-0.05, 0) is 49.4 Å². The molecule has 1 aromatic heterocycles. The molecule has 1 aliphatic carbocycles. The van der Waals surface area contributed by atoms with E-state index in [1.165, 1.54) is 33.5 Å². The van der Waals surface area contributed by atoms with Crippen LogP contribution in [0.5, 0.6) is 17.2 Å². The van der Waals surface area contributed by atoms with Crippen molar-refractivity contribution in [2.75, 3.05) is 33.3 Å². The molecule has 2 aromatic carbocycles. The number of methoxy groups -OCH3 is 3. The average Bonchev–Trinajstić information content (AvgIpc) is 3.32. The number of carbonyl (C=O) groups is 2. The Morgan fingerprint density at radius 2 is 1.68 bits per heavy atom. The molecule has 0 fully saturated rings. The van der Waals surface area contributed by atoms with Crippen molar-refractivity contribution in [1.29, 1.82) is 0 Å². The second-order valence-electron chi connectivity index (χ2n) is 7.92. The predicted octanol–water partition coefficient (Wildman–Crippen LogP) is 3.41. The van der Waals surface area contributed by atoms with Crippen LogP contribution in [0.3, 0.4) is 0 Å². The monoisotopic (exact) mass is 467 g/mol. The van der Waals surface area contributed by atoms with Crippen LogP contribution in [0.15, 0.2) is 33.5 Å². The molecule has 0 atom stereocenters. The molecule has 3 aromatic rings. The number of nitrogens with one attached hydrogen (secondary N) is 1. The Labute approximate surface area is 195 Å². The van der Waals surface area contributed by atoms with E-state index < -0.39 is 11.9 Å². The Balaban J connectivity index is 1.62. The molecule has 34 heavy (non-hydrogen) atoms. The highest BCUT2D eigenvalue weighted by atomic mass is 16.5. The zero-order chi connectivity index (χ0) is 24.4. The number of hydrogen-bond acceptors (Lipinski definition) is 8. The van der Waals surface area contributed by atoms with Gasteiger partial charge in [-0.3, -0.25) is 4.79 Å². The number of aryl methyl sites for hydroxylation is 2. The van der Waals surface area contributed by atoms with Gasteiger partial charge < -0.3 is 28.7 Å². The summed E-state index contributed by atoms with van der Waals surface area (Å²) in [6.07, 6.45) is 2.27. The van der Waals surface area contributed by atoms with E-state index in [9.17, 15) is 14.4 Å².